The summed E-state index contributed by atoms with van der Waals surface area (Å²) in [7, 11) is 0. The van der Waals surface area contributed by atoms with E-state index in [1.807, 2.05) is 24.3 Å². The molecule has 1 N–H and O–H groups in total. The van der Waals surface area contributed by atoms with Gasteiger partial charge in [-0.1, -0.05) is 18.2 Å². The lowest BCUT2D eigenvalue weighted by Crippen LogP contribution is -1.86. The van der Waals surface area contributed by atoms with Crippen LogP contribution in [-0.2, 0) is 4.79 Å². The van der Waals surface area contributed by atoms with Crippen molar-refractivity contribution >= 4 is 17.4 Å². The van der Waals surface area contributed by atoms with E-state index >= 15 is 0 Å². The van der Waals surface area contributed by atoms with Crippen molar-refractivity contribution in [3.05, 3.63) is 30.3 Å². The van der Waals surface area contributed by atoms with E-state index in [4.69, 9.17) is 0 Å². The zero-order valence-electron chi connectivity index (χ0n) is 6.28. The first-order valence-corrected chi connectivity index (χ1v) is 3.58. The molecule has 0 amide bonds. The Kier molecular flexibility index (Phi) is 1.55. The van der Waals surface area contributed by atoms with Gasteiger partial charge in [-0.25, -0.2) is 0 Å². The Bertz CT molecular complexity index is 373. The number of hydrogen-bond acceptors (Lipinski definition) is 2. The molecule has 0 saturated heterocycles. The molecule has 0 radical (unpaired) electrons. The minimum atomic E-state index is 0.407. The Morgan fingerprint density at radius 1 is 1.33 bits per heavy atom. The number of aromatic amines is 1. The molecule has 0 bridgehead atoms. The van der Waals surface area contributed by atoms with Crippen LogP contribution in [0.2, 0.25) is 0 Å². The first-order valence-electron chi connectivity index (χ1n) is 3.58. The predicted molar refractivity (Wildman–Crippen MR) is 45.0 cm³/mol. The average molecular weight is 161 g/mol. The van der Waals surface area contributed by atoms with Crippen LogP contribution < -0.4 is 4.74 Å². The number of carbonyl (C=O) groups excluding carboxylic acids is 1. The summed E-state index contributed by atoms with van der Waals surface area (Å²) in [5, 5.41) is 1.04. The average Bonchev–Trinajstić information content (AvgIpc) is 2.47. The smallest absolute Gasteiger partial charge is 0.299 e. The fourth-order valence-electron chi connectivity index (χ4n) is 1.16. The molecule has 0 atom stereocenters. The summed E-state index contributed by atoms with van der Waals surface area (Å²) in [5.41, 5.74) is 0.967. The maximum absolute atomic E-state index is 10.0. The molecular weight excluding hydrogens is 154 g/mol. The molecule has 1 heterocycles. The van der Waals surface area contributed by atoms with Crippen LogP contribution in [-0.4, -0.2) is 11.5 Å². The monoisotopic (exact) mass is 161 g/mol. The number of ether oxygens (including phenoxy) is 1. The van der Waals surface area contributed by atoms with Gasteiger partial charge in [-0.05, 0) is 6.07 Å². The van der Waals surface area contributed by atoms with Gasteiger partial charge < -0.3 is 9.72 Å². The second-order valence-corrected chi connectivity index (χ2v) is 2.43. The number of hydrogen-bond donors (Lipinski definition) is 1. The van der Waals surface area contributed by atoms with Crippen molar-refractivity contribution < 1.29 is 9.53 Å². The van der Waals surface area contributed by atoms with Crippen molar-refractivity contribution in [3.63, 3.8) is 0 Å². The number of aromatic nitrogens is 1. The molecule has 3 nitrogen and oxygen atoms in total. The van der Waals surface area contributed by atoms with Gasteiger partial charge in [-0.15, -0.1) is 0 Å². The summed E-state index contributed by atoms with van der Waals surface area (Å²) < 4.78 is 4.65. The fourth-order valence-corrected chi connectivity index (χ4v) is 1.16. The van der Waals surface area contributed by atoms with Gasteiger partial charge >= 0.3 is 0 Å². The van der Waals surface area contributed by atoms with Gasteiger partial charge in [0.2, 0.25) is 5.88 Å². The van der Waals surface area contributed by atoms with Crippen LogP contribution in [0.5, 0.6) is 5.88 Å². The molecule has 0 unspecified atom stereocenters. The summed E-state index contributed by atoms with van der Waals surface area (Å²) in [6, 6.07) is 9.50. The third-order valence-electron chi connectivity index (χ3n) is 1.68. The number of nitrogens with one attached hydrogen (secondary N) is 1. The summed E-state index contributed by atoms with van der Waals surface area (Å²) >= 11 is 0. The van der Waals surface area contributed by atoms with E-state index in [0.717, 1.165) is 10.9 Å². The molecule has 0 aliphatic heterocycles. The van der Waals surface area contributed by atoms with Crippen LogP contribution >= 0.6 is 0 Å². The Hall–Kier alpha value is -1.77. The van der Waals surface area contributed by atoms with E-state index in [2.05, 4.69) is 9.72 Å². The standard InChI is InChI=1S/C9H7NO2/c11-6-12-9-5-7-3-1-2-4-8(7)10-9/h1-6,10H. The van der Waals surface area contributed by atoms with Crippen LogP contribution in [0.1, 0.15) is 0 Å². The lowest BCUT2D eigenvalue weighted by atomic mass is 10.3. The SMILES string of the molecule is O=COc1cc2ccccc2[nH]1. The highest BCUT2D eigenvalue weighted by molar-refractivity contribution is 5.81. The highest BCUT2D eigenvalue weighted by Gasteiger charge is 1.98. The summed E-state index contributed by atoms with van der Waals surface area (Å²) in [4.78, 5) is 13.0. The number of rotatable bonds is 2. The van der Waals surface area contributed by atoms with Crippen LogP contribution in [0.25, 0.3) is 10.9 Å². The number of fused-ring (bicyclic) bond motifs is 1. The topological polar surface area (TPSA) is 42.1 Å². The third-order valence-corrected chi connectivity index (χ3v) is 1.68. The van der Waals surface area contributed by atoms with Gasteiger partial charge in [-0.2, -0.15) is 0 Å². The molecule has 3 heteroatoms. The molecule has 0 aliphatic rings. The minimum Gasteiger partial charge on any atom is -0.412 e. The first kappa shape index (κ1) is 6.91. The van der Waals surface area contributed by atoms with Gasteiger partial charge in [0.05, 0.1) is 0 Å². The number of para-hydroxylation sites is 1. The Morgan fingerprint density at radius 2 is 2.17 bits per heavy atom. The number of H-pyrrole nitrogens is 1. The second-order valence-electron chi connectivity index (χ2n) is 2.43. The van der Waals surface area contributed by atoms with E-state index in [1.165, 1.54) is 0 Å². The van der Waals surface area contributed by atoms with Gasteiger partial charge in [0.1, 0.15) is 0 Å². The fraction of sp³-hybridized carbons (Fsp3) is 0. The lowest BCUT2D eigenvalue weighted by molar-refractivity contribution is -0.120. The summed E-state index contributed by atoms with van der Waals surface area (Å²) in [5.74, 6) is 0.478. The van der Waals surface area contributed by atoms with Gasteiger partial charge in [0, 0.05) is 17.0 Å². The molecule has 12 heavy (non-hydrogen) atoms. The number of benzene rings is 1. The molecule has 60 valence electrons. The highest BCUT2D eigenvalue weighted by atomic mass is 16.5. The molecule has 2 rings (SSSR count). The van der Waals surface area contributed by atoms with Crippen LogP contribution in [0.4, 0.5) is 0 Å². The van der Waals surface area contributed by atoms with Crippen LogP contribution in [0.3, 0.4) is 0 Å². The third kappa shape index (κ3) is 1.05. The van der Waals surface area contributed by atoms with E-state index in [0.29, 0.717) is 12.4 Å². The first-order chi connectivity index (χ1) is 5.90. The highest BCUT2D eigenvalue weighted by Crippen LogP contribution is 2.18. The van der Waals surface area contributed by atoms with Crippen molar-refractivity contribution in [2.45, 2.75) is 0 Å². The minimum absolute atomic E-state index is 0.407. The Balaban J connectivity index is 2.54. The normalized spacial score (nSPS) is 10.0. The maximum atomic E-state index is 10.0. The summed E-state index contributed by atoms with van der Waals surface area (Å²) in [6.45, 7) is 0.407. The van der Waals surface area contributed by atoms with Crippen molar-refractivity contribution in [2.24, 2.45) is 0 Å². The molecule has 1 aromatic heterocycles. The molecule has 1 aromatic carbocycles. The number of carbonyl (C=O) groups is 1. The molecule has 0 saturated carbocycles. The quantitative estimate of drug-likeness (QED) is 0.681. The lowest BCUT2D eigenvalue weighted by Gasteiger charge is -1.87. The van der Waals surface area contributed by atoms with Gasteiger partial charge in [0.15, 0.2) is 0 Å². The second kappa shape index (κ2) is 2.70. The van der Waals surface area contributed by atoms with Crippen molar-refractivity contribution in [1.29, 1.82) is 0 Å². The molecule has 0 spiro atoms. The summed E-state index contributed by atoms with van der Waals surface area (Å²) in [6.07, 6.45) is 0. The van der Waals surface area contributed by atoms with Crippen LogP contribution in [0.15, 0.2) is 30.3 Å². The molecule has 0 aliphatic carbocycles. The Labute approximate surface area is 69.0 Å². The van der Waals surface area contributed by atoms with E-state index < -0.39 is 0 Å². The van der Waals surface area contributed by atoms with Crippen molar-refractivity contribution in [3.8, 4) is 5.88 Å². The van der Waals surface area contributed by atoms with Gasteiger partial charge in [0.25, 0.3) is 6.47 Å². The largest absolute Gasteiger partial charge is 0.412 e. The van der Waals surface area contributed by atoms with E-state index in [-0.39, 0.29) is 0 Å². The van der Waals surface area contributed by atoms with Gasteiger partial charge in [-0.3, -0.25) is 4.79 Å². The van der Waals surface area contributed by atoms with Crippen LogP contribution in [0, 0.1) is 0 Å². The zero-order valence-corrected chi connectivity index (χ0v) is 6.28. The molecule has 2 aromatic rings. The Morgan fingerprint density at radius 3 is 2.92 bits per heavy atom. The molecule has 0 fully saturated rings. The zero-order chi connectivity index (χ0) is 8.39. The predicted octanol–water partition coefficient (Wildman–Crippen LogP) is 1.70. The van der Waals surface area contributed by atoms with Crippen molar-refractivity contribution in [2.75, 3.05) is 0 Å². The van der Waals surface area contributed by atoms with E-state index in [9.17, 15) is 4.79 Å². The van der Waals surface area contributed by atoms with E-state index in [1.54, 1.807) is 6.07 Å². The molecular formula is C9H7NO2. The maximum Gasteiger partial charge on any atom is 0.299 e. The van der Waals surface area contributed by atoms with Crippen molar-refractivity contribution in [1.82, 2.24) is 4.98 Å².